The van der Waals surface area contributed by atoms with Gasteiger partial charge in [-0.1, -0.05) is 12.1 Å². The van der Waals surface area contributed by atoms with Gasteiger partial charge in [0.2, 0.25) is 0 Å². The van der Waals surface area contributed by atoms with Gasteiger partial charge < -0.3 is 9.47 Å². The van der Waals surface area contributed by atoms with Crippen LogP contribution in [0, 0.1) is 11.3 Å². The van der Waals surface area contributed by atoms with Crippen LogP contribution in [0.2, 0.25) is 0 Å². The molecule has 0 spiro atoms. The molecule has 16 heavy (non-hydrogen) atoms. The van der Waals surface area contributed by atoms with Gasteiger partial charge in [0.05, 0.1) is 12.5 Å². The van der Waals surface area contributed by atoms with Crippen molar-refractivity contribution in [2.75, 3.05) is 20.3 Å². The first-order valence-corrected chi connectivity index (χ1v) is 4.85. The number of rotatable bonds is 6. The first kappa shape index (κ1) is 12.2. The summed E-state index contributed by atoms with van der Waals surface area (Å²) in [7, 11) is 1.47. The maximum atomic E-state index is 11.1. The number of hydrogen-bond acceptors (Lipinski definition) is 4. The van der Waals surface area contributed by atoms with Gasteiger partial charge in [0.1, 0.15) is 19.0 Å². The van der Waals surface area contributed by atoms with E-state index in [1.165, 1.54) is 7.11 Å². The summed E-state index contributed by atoms with van der Waals surface area (Å²) >= 11 is 0. The highest BCUT2D eigenvalue weighted by atomic mass is 16.5. The summed E-state index contributed by atoms with van der Waals surface area (Å²) in [4.78, 5) is 11.1. The number of Topliss-reactive ketones (excluding diaryl/α,β-unsaturated/α-hetero) is 1. The molecule has 0 atom stereocenters. The van der Waals surface area contributed by atoms with E-state index < -0.39 is 0 Å². The van der Waals surface area contributed by atoms with Crippen LogP contribution < -0.4 is 4.74 Å². The molecule has 1 rings (SSSR count). The predicted molar refractivity (Wildman–Crippen MR) is 58.1 cm³/mol. The van der Waals surface area contributed by atoms with Crippen LogP contribution in [0.4, 0.5) is 0 Å². The van der Waals surface area contributed by atoms with Crippen molar-refractivity contribution in [3.05, 3.63) is 29.8 Å². The molecule has 0 saturated carbocycles. The fourth-order valence-corrected chi connectivity index (χ4v) is 1.16. The number of nitriles is 1. The third kappa shape index (κ3) is 4.11. The first-order valence-electron chi connectivity index (χ1n) is 4.85. The summed E-state index contributed by atoms with van der Waals surface area (Å²) in [6, 6.07) is 9.15. The lowest BCUT2D eigenvalue weighted by molar-refractivity contribution is -0.124. The Hall–Kier alpha value is -1.86. The van der Waals surface area contributed by atoms with Crippen molar-refractivity contribution in [2.24, 2.45) is 0 Å². The summed E-state index contributed by atoms with van der Waals surface area (Å²) in [5.41, 5.74) is 0.929. The number of benzene rings is 1. The zero-order chi connectivity index (χ0) is 11.8. The maximum Gasteiger partial charge on any atom is 0.195 e. The highest BCUT2D eigenvalue weighted by Gasteiger charge is 2.02. The molecule has 0 aliphatic rings. The van der Waals surface area contributed by atoms with E-state index in [-0.39, 0.29) is 19.0 Å². The SMILES string of the molecule is COCC(=O)COc1ccc(CC#N)cc1. The number of hydrogen-bond donors (Lipinski definition) is 0. The van der Waals surface area contributed by atoms with Gasteiger partial charge in [-0.25, -0.2) is 0 Å². The minimum absolute atomic E-state index is 0.00539. The highest BCUT2D eigenvalue weighted by molar-refractivity contribution is 5.81. The van der Waals surface area contributed by atoms with Gasteiger partial charge in [0.15, 0.2) is 5.78 Å². The van der Waals surface area contributed by atoms with Crippen molar-refractivity contribution in [2.45, 2.75) is 6.42 Å². The van der Waals surface area contributed by atoms with Crippen LogP contribution >= 0.6 is 0 Å². The Bertz CT molecular complexity index is 378. The third-order valence-electron chi connectivity index (χ3n) is 1.91. The molecular formula is C12H13NO3. The molecule has 4 heteroatoms. The van der Waals surface area contributed by atoms with Gasteiger partial charge >= 0.3 is 0 Å². The average molecular weight is 219 g/mol. The van der Waals surface area contributed by atoms with Crippen LogP contribution in [-0.4, -0.2) is 26.1 Å². The number of carbonyl (C=O) groups is 1. The van der Waals surface area contributed by atoms with E-state index in [0.29, 0.717) is 12.2 Å². The maximum absolute atomic E-state index is 11.1. The Morgan fingerprint density at radius 2 is 2.00 bits per heavy atom. The molecule has 0 saturated heterocycles. The molecule has 0 fully saturated rings. The Morgan fingerprint density at radius 3 is 2.56 bits per heavy atom. The molecule has 0 amide bonds. The minimum Gasteiger partial charge on any atom is -0.486 e. The second kappa shape index (κ2) is 6.59. The molecule has 0 aliphatic heterocycles. The topological polar surface area (TPSA) is 59.3 Å². The molecule has 1 aromatic carbocycles. The van der Waals surface area contributed by atoms with Crippen LogP contribution in [0.5, 0.6) is 5.75 Å². The number of carbonyl (C=O) groups excluding carboxylic acids is 1. The Labute approximate surface area is 94.4 Å². The Kier molecular flexibility index (Phi) is 5.03. The summed E-state index contributed by atoms with van der Waals surface area (Å²) in [5.74, 6) is 0.509. The molecular weight excluding hydrogens is 206 g/mol. The van der Waals surface area contributed by atoms with Crippen LogP contribution in [-0.2, 0) is 16.0 Å². The number of nitrogens with zero attached hydrogens (tertiary/aromatic N) is 1. The summed E-state index contributed by atoms with van der Waals surface area (Å²) in [5, 5.41) is 8.48. The van der Waals surface area contributed by atoms with E-state index in [1.807, 2.05) is 0 Å². The lowest BCUT2D eigenvalue weighted by atomic mass is 10.2. The van der Waals surface area contributed by atoms with Crippen molar-refractivity contribution >= 4 is 5.78 Å². The largest absolute Gasteiger partial charge is 0.486 e. The number of methoxy groups -OCH3 is 1. The van der Waals surface area contributed by atoms with Crippen LogP contribution in [0.1, 0.15) is 5.56 Å². The normalized spacial score (nSPS) is 9.50. The van der Waals surface area contributed by atoms with E-state index >= 15 is 0 Å². The third-order valence-corrected chi connectivity index (χ3v) is 1.91. The average Bonchev–Trinajstić information content (AvgIpc) is 2.29. The zero-order valence-corrected chi connectivity index (χ0v) is 9.10. The molecule has 0 bridgehead atoms. The molecule has 4 nitrogen and oxygen atoms in total. The van der Waals surface area contributed by atoms with Crippen molar-refractivity contribution in [3.63, 3.8) is 0 Å². The molecule has 84 valence electrons. The van der Waals surface area contributed by atoms with Gasteiger partial charge in [-0.15, -0.1) is 0 Å². The highest BCUT2D eigenvalue weighted by Crippen LogP contribution is 2.12. The lowest BCUT2D eigenvalue weighted by Crippen LogP contribution is -2.16. The zero-order valence-electron chi connectivity index (χ0n) is 9.10. The molecule has 0 radical (unpaired) electrons. The van der Waals surface area contributed by atoms with E-state index in [2.05, 4.69) is 10.8 Å². The molecule has 0 heterocycles. The van der Waals surface area contributed by atoms with Crippen LogP contribution in [0.25, 0.3) is 0 Å². The lowest BCUT2D eigenvalue weighted by Gasteiger charge is -2.05. The van der Waals surface area contributed by atoms with E-state index in [9.17, 15) is 4.79 Å². The minimum atomic E-state index is -0.108. The Balaban J connectivity index is 2.43. The second-order valence-corrected chi connectivity index (χ2v) is 3.24. The monoisotopic (exact) mass is 219 g/mol. The van der Waals surface area contributed by atoms with Gasteiger partial charge in [0.25, 0.3) is 0 Å². The molecule has 0 N–H and O–H groups in total. The fraction of sp³-hybridized carbons (Fsp3) is 0.333. The van der Waals surface area contributed by atoms with Gasteiger partial charge in [0, 0.05) is 7.11 Å². The first-order chi connectivity index (χ1) is 7.76. The van der Waals surface area contributed by atoms with E-state index in [0.717, 1.165) is 5.56 Å². The van der Waals surface area contributed by atoms with E-state index in [1.54, 1.807) is 24.3 Å². The van der Waals surface area contributed by atoms with Crippen LogP contribution in [0.15, 0.2) is 24.3 Å². The standard InChI is InChI=1S/C12H13NO3/c1-15-8-11(14)9-16-12-4-2-10(3-5-12)6-7-13/h2-5H,6,8-9H2,1H3. The summed E-state index contributed by atoms with van der Waals surface area (Å²) < 4.78 is 9.92. The van der Waals surface area contributed by atoms with Gasteiger partial charge in [-0.05, 0) is 17.7 Å². The predicted octanol–water partition coefficient (Wildman–Crippen LogP) is 1.35. The number of ether oxygens (including phenoxy) is 2. The molecule has 0 aliphatic carbocycles. The van der Waals surface area contributed by atoms with Crippen molar-refractivity contribution in [1.29, 1.82) is 5.26 Å². The quantitative estimate of drug-likeness (QED) is 0.724. The van der Waals surface area contributed by atoms with Crippen LogP contribution in [0.3, 0.4) is 0 Å². The van der Waals surface area contributed by atoms with Crippen molar-refractivity contribution < 1.29 is 14.3 Å². The smallest absolute Gasteiger partial charge is 0.195 e. The Morgan fingerprint density at radius 1 is 1.31 bits per heavy atom. The number of ketones is 1. The van der Waals surface area contributed by atoms with Crippen molar-refractivity contribution in [1.82, 2.24) is 0 Å². The molecule has 0 aromatic heterocycles. The van der Waals surface area contributed by atoms with Crippen molar-refractivity contribution in [3.8, 4) is 11.8 Å². The van der Waals surface area contributed by atoms with Gasteiger partial charge in [-0.3, -0.25) is 4.79 Å². The molecule has 0 unspecified atom stereocenters. The fourth-order valence-electron chi connectivity index (χ4n) is 1.16. The van der Waals surface area contributed by atoms with E-state index in [4.69, 9.17) is 10.00 Å². The second-order valence-electron chi connectivity index (χ2n) is 3.24. The summed E-state index contributed by atoms with van der Waals surface area (Å²) in [6.45, 7) is 0.0674. The van der Waals surface area contributed by atoms with Gasteiger partial charge in [-0.2, -0.15) is 5.26 Å². The summed E-state index contributed by atoms with van der Waals surface area (Å²) in [6.07, 6.45) is 0.378. The molecule has 1 aromatic rings.